The van der Waals surface area contributed by atoms with E-state index in [1.807, 2.05) is 42.5 Å². The largest absolute Gasteiger partial charge is 0.319 e. The van der Waals surface area contributed by atoms with Gasteiger partial charge in [-0.25, -0.2) is 9.69 Å². The smallest absolute Gasteiger partial charge is 0.210 e. The van der Waals surface area contributed by atoms with Crippen molar-refractivity contribution in [2.45, 2.75) is 0 Å². The Balaban J connectivity index is 1.63. The lowest BCUT2D eigenvalue weighted by molar-refractivity contribution is 1.16. The Bertz CT molecular complexity index is 2020. The number of fused-ring (bicyclic) bond motifs is 6. The summed E-state index contributed by atoms with van der Waals surface area (Å²) in [5.41, 5.74) is 7.36. The Hall–Kier alpha value is -5.32. The molecule has 0 aliphatic heterocycles. The van der Waals surface area contributed by atoms with Gasteiger partial charge in [0.25, 0.3) is 0 Å². The molecule has 2 aromatic heterocycles. The van der Waals surface area contributed by atoms with Crippen molar-refractivity contribution >= 4 is 55.0 Å². The zero-order chi connectivity index (χ0) is 24.2. The fourth-order valence-electron chi connectivity index (χ4n) is 5.41. The van der Waals surface area contributed by atoms with Gasteiger partial charge in [0.2, 0.25) is 5.69 Å². The molecule has 4 nitrogen and oxygen atoms in total. The highest BCUT2D eigenvalue weighted by Crippen LogP contribution is 2.39. The van der Waals surface area contributed by atoms with Gasteiger partial charge in [-0.1, -0.05) is 66.7 Å². The molecule has 0 aliphatic rings. The van der Waals surface area contributed by atoms with E-state index in [-0.39, 0.29) is 0 Å². The maximum atomic E-state index is 7.77. The average Bonchev–Trinajstić information content (AvgIpc) is 3.45. The van der Waals surface area contributed by atoms with Crippen molar-refractivity contribution in [3.05, 3.63) is 132 Å². The summed E-state index contributed by atoms with van der Waals surface area (Å²) in [6.07, 6.45) is 0. The van der Waals surface area contributed by atoms with E-state index in [0.29, 0.717) is 11.4 Å². The molecule has 166 valence electrons. The maximum Gasteiger partial charge on any atom is 0.210 e. The summed E-state index contributed by atoms with van der Waals surface area (Å²) in [6, 6.07) is 36.9. The number of nitrogens with zero attached hydrogens (tertiary/aromatic N) is 4. The van der Waals surface area contributed by atoms with Gasteiger partial charge in [0.15, 0.2) is 5.69 Å². The molecule has 0 saturated carbocycles. The lowest BCUT2D eigenvalue weighted by atomic mass is 10.1. The monoisotopic (exact) mass is 458 g/mol. The third-order valence-electron chi connectivity index (χ3n) is 6.94. The number of hydrogen-bond acceptors (Lipinski definition) is 0. The third-order valence-corrected chi connectivity index (χ3v) is 6.94. The van der Waals surface area contributed by atoms with E-state index in [0.717, 1.165) is 44.2 Å². The first-order chi connectivity index (χ1) is 17.8. The van der Waals surface area contributed by atoms with Crippen LogP contribution in [0.2, 0.25) is 0 Å². The molecule has 0 unspecified atom stereocenters. The van der Waals surface area contributed by atoms with Crippen LogP contribution in [0.25, 0.3) is 64.7 Å². The predicted molar refractivity (Wildman–Crippen MR) is 148 cm³/mol. The van der Waals surface area contributed by atoms with Crippen molar-refractivity contribution in [1.82, 2.24) is 9.13 Å². The number of para-hydroxylation sites is 4. The molecule has 0 N–H and O–H groups in total. The quantitative estimate of drug-likeness (QED) is 0.230. The topological polar surface area (TPSA) is 18.6 Å². The molecule has 5 aromatic carbocycles. The number of benzene rings is 5. The zero-order valence-corrected chi connectivity index (χ0v) is 19.2. The molecule has 0 atom stereocenters. The summed E-state index contributed by atoms with van der Waals surface area (Å²) in [5, 5.41) is 4.49. The predicted octanol–water partition coefficient (Wildman–Crippen LogP) is 8.98. The second kappa shape index (κ2) is 7.60. The van der Waals surface area contributed by atoms with E-state index >= 15 is 0 Å². The van der Waals surface area contributed by atoms with E-state index in [9.17, 15) is 0 Å². The normalized spacial score (nSPS) is 11.3. The van der Waals surface area contributed by atoms with Gasteiger partial charge in [0, 0.05) is 21.8 Å². The highest BCUT2D eigenvalue weighted by molar-refractivity contribution is 6.12. The minimum Gasteiger partial charge on any atom is -0.319 e. The summed E-state index contributed by atoms with van der Waals surface area (Å²) in [4.78, 5) is 7.46. The molecule has 0 bridgehead atoms. The highest BCUT2D eigenvalue weighted by Gasteiger charge is 2.17. The van der Waals surface area contributed by atoms with Crippen molar-refractivity contribution in [2.24, 2.45) is 0 Å². The van der Waals surface area contributed by atoms with Crippen LogP contribution in [0.5, 0.6) is 0 Å². The lowest BCUT2D eigenvalue weighted by Gasteiger charge is -2.12. The summed E-state index contributed by atoms with van der Waals surface area (Å²) in [6.45, 7) is 15.3. The fourth-order valence-corrected chi connectivity index (χ4v) is 5.41. The Morgan fingerprint density at radius 2 is 1.11 bits per heavy atom. The van der Waals surface area contributed by atoms with E-state index in [1.165, 1.54) is 10.8 Å². The molecule has 0 amide bonds. The average molecular weight is 459 g/mol. The molecule has 7 rings (SSSR count). The van der Waals surface area contributed by atoms with Crippen molar-refractivity contribution in [2.75, 3.05) is 0 Å². The van der Waals surface area contributed by atoms with Crippen LogP contribution in [0.4, 0.5) is 11.4 Å². The van der Waals surface area contributed by atoms with E-state index < -0.39 is 0 Å². The van der Waals surface area contributed by atoms with Crippen LogP contribution in [0.3, 0.4) is 0 Å². The van der Waals surface area contributed by atoms with Gasteiger partial charge in [-0.15, -0.1) is 0 Å². The maximum absolute atomic E-state index is 7.77. The molecule has 36 heavy (non-hydrogen) atoms. The molecule has 4 heteroatoms. The van der Waals surface area contributed by atoms with Crippen LogP contribution < -0.4 is 0 Å². The van der Waals surface area contributed by atoms with Gasteiger partial charge in [-0.05, 0) is 47.9 Å². The van der Waals surface area contributed by atoms with Gasteiger partial charge in [-0.2, -0.15) is 0 Å². The first-order valence-corrected chi connectivity index (χ1v) is 11.7. The number of hydrogen-bond donors (Lipinski definition) is 0. The van der Waals surface area contributed by atoms with E-state index in [4.69, 9.17) is 13.1 Å². The van der Waals surface area contributed by atoms with Crippen molar-refractivity contribution < 1.29 is 0 Å². The van der Waals surface area contributed by atoms with Crippen molar-refractivity contribution in [1.29, 1.82) is 0 Å². The lowest BCUT2D eigenvalue weighted by Crippen LogP contribution is -1.97. The summed E-state index contributed by atoms with van der Waals surface area (Å²) in [7, 11) is 0. The Morgan fingerprint density at radius 3 is 1.83 bits per heavy atom. The molecule has 0 fully saturated rings. The second-order valence-corrected chi connectivity index (χ2v) is 8.82. The van der Waals surface area contributed by atoms with Crippen LogP contribution in [0, 0.1) is 13.1 Å². The van der Waals surface area contributed by atoms with Gasteiger partial charge < -0.3 is 9.13 Å². The highest BCUT2D eigenvalue weighted by atomic mass is 15.0. The molecular formula is C32H18N4. The minimum atomic E-state index is 0.591. The van der Waals surface area contributed by atoms with Gasteiger partial charge in [0.1, 0.15) is 0 Å². The van der Waals surface area contributed by atoms with E-state index in [1.54, 1.807) is 0 Å². The first kappa shape index (κ1) is 20.1. The Kier molecular flexibility index (Phi) is 4.24. The zero-order valence-electron chi connectivity index (χ0n) is 19.2. The van der Waals surface area contributed by atoms with E-state index in [2.05, 4.69) is 85.6 Å². The molecule has 7 aromatic rings. The van der Waals surface area contributed by atoms with Crippen molar-refractivity contribution in [3.8, 4) is 11.4 Å². The van der Waals surface area contributed by atoms with Crippen LogP contribution in [0.1, 0.15) is 0 Å². The molecule has 0 radical (unpaired) electrons. The van der Waals surface area contributed by atoms with Crippen LogP contribution in [-0.4, -0.2) is 9.13 Å². The first-order valence-electron chi connectivity index (χ1n) is 11.7. The number of aromatic nitrogens is 2. The molecule has 0 saturated heterocycles. The van der Waals surface area contributed by atoms with Crippen molar-refractivity contribution in [3.63, 3.8) is 0 Å². The van der Waals surface area contributed by atoms with Gasteiger partial charge >= 0.3 is 0 Å². The molecule has 2 heterocycles. The Labute approximate surface area is 207 Å². The number of rotatable bonds is 2. The minimum absolute atomic E-state index is 0.591. The standard InChI is InChI=1S/C32H18N4/c1-33-21-15-18-30-26(19-21)25-17-16-22(20-32(25)36(30)31-14-8-5-11-27(31)34-2)35-28-12-6-3-9-23(28)24-10-4-7-13-29(24)35/h3-20H. The van der Waals surface area contributed by atoms with Crippen LogP contribution in [0.15, 0.2) is 109 Å². The SMILES string of the molecule is [C-]#[N+]c1ccc2c(c1)c1ccc(-n3c4ccccc4c4ccccc43)cc1n2-c1ccccc1[N+]#[C-]. The summed E-state index contributed by atoms with van der Waals surface area (Å²) >= 11 is 0. The Morgan fingerprint density at radius 1 is 0.472 bits per heavy atom. The summed E-state index contributed by atoms with van der Waals surface area (Å²) < 4.78 is 4.46. The fraction of sp³-hybridized carbons (Fsp3) is 0. The second-order valence-electron chi connectivity index (χ2n) is 8.82. The molecule has 0 aliphatic carbocycles. The summed E-state index contributed by atoms with van der Waals surface area (Å²) in [5.74, 6) is 0. The van der Waals surface area contributed by atoms with Gasteiger partial charge in [0.05, 0.1) is 40.9 Å². The van der Waals surface area contributed by atoms with Crippen LogP contribution in [-0.2, 0) is 0 Å². The van der Waals surface area contributed by atoms with Gasteiger partial charge in [-0.3, -0.25) is 0 Å². The molecule has 0 spiro atoms. The molecular weight excluding hydrogens is 440 g/mol. The third kappa shape index (κ3) is 2.73. The van der Waals surface area contributed by atoms with Crippen LogP contribution >= 0.6 is 0 Å².